The highest BCUT2D eigenvalue weighted by molar-refractivity contribution is 7.89. The van der Waals surface area contributed by atoms with Crippen molar-refractivity contribution in [3.05, 3.63) is 43.1 Å². The summed E-state index contributed by atoms with van der Waals surface area (Å²) < 4.78 is 42.0. The van der Waals surface area contributed by atoms with Crippen LogP contribution in [0.15, 0.2) is 43.1 Å². The number of benzene rings is 1. The average molecular weight is 723 g/mol. The summed E-state index contributed by atoms with van der Waals surface area (Å²) in [5.41, 5.74) is -1.26. The number of piperidine rings is 1. The van der Waals surface area contributed by atoms with Gasteiger partial charge in [-0.3, -0.25) is 14.9 Å². The van der Waals surface area contributed by atoms with Crippen LogP contribution in [0.4, 0.5) is 10.6 Å². The van der Waals surface area contributed by atoms with Crippen LogP contribution in [0, 0.1) is 16.7 Å². The number of hydrogen-bond acceptors (Lipinski definition) is 8. The predicted molar refractivity (Wildman–Crippen MR) is 197 cm³/mol. The minimum atomic E-state index is -3.94. The number of hydrogen-bond donors (Lipinski definition) is 1. The number of Topliss-reactive ketones (excluding diaryl/α,β-unsaturated/α-hetero) is 1. The van der Waals surface area contributed by atoms with Gasteiger partial charge >= 0.3 is 6.09 Å². The minimum absolute atomic E-state index is 0.0730. The molecule has 2 aromatic rings. The van der Waals surface area contributed by atoms with Crippen LogP contribution in [0.2, 0.25) is 0 Å². The number of carbonyl (C=O) groups is 3. The molecule has 1 saturated heterocycles. The minimum Gasteiger partial charge on any atom is -0.493 e. The Morgan fingerprint density at radius 2 is 1.88 bits per heavy atom. The number of ether oxygens (including phenoxy) is 2. The largest absolute Gasteiger partial charge is 0.493 e. The van der Waals surface area contributed by atoms with Gasteiger partial charge in [-0.2, -0.15) is 4.31 Å². The number of nitrogens with one attached hydrogen (secondary N) is 1. The lowest BCUT2D eigenvalue weighted by Crippen LogP contribution is -2.58. The van der Waals surface area contributed by atoms with Crippen LogP contribution in [0.1, 0.15) is 97.8 Å². The molecule has 3 saturated carbocycles. The second kappa shape index (κ2) is 15.2. The van der Waals surface area contributed by atoms with Gasteiger partial charge in [-0.15, -0.1) is 0 Å². The lowest BCUT2D eigenvalue weighted by Gasteiger charge is -2.44. The van der Waals surface area contributed by atoms with Gasteiger partial charge in [0.2, 0.25) is 15.9 Å². The quantitative estimate of drug-likeness (QED) is 0.222. The number of rotatable bonds is 13. The lowest BCUT2D eigenvalue weighted by molar-refractivity contribution is -0.139. The maximum atomic E-state index is 14.6. The van der Waals surface area contributed by atoms with E-state index in [9.17, 15) is 22.8 Å². The second-order valence-corrected chi connectivity index (χ2v) is 17.5. The van der Waals surface area contributed by atoms with Gasteiger partial charge in [0.05, 0.1) is 12.4 Å². The van der Waals surface area contributed by atoms with Crippen LogP contribution in [0.3, 0.4) is 0 Å². The number of carbonyl (C=O) groups excluding carboxylic acids is 3. The van der Waals surface area contributed by atoms with Crippen molar-refractivity contribution in [1.29, 1.82) is 0 Å². The third-order valence-corrected chi connectivity index (χ3v) is 14.6. The Kier molecular flexibility index (Phi) is 11.1. The standard InChI is InChI=1S/C39H54N4O7S/c1-5-22-50-37(46)41-35-33-15-14-32(24-28(33)17-20-40-35)49-23-18-30-11-9-10-21-42(30)36(45)27(2)43(31-12-7-6-8-13-31)51(47,48)26-39-19-16-29(25-34(39)44)38(39,3)4/h5,14-15,17,20,24,27,29-31H,1,6-13,16,18-19,21-23,25-26H2,2-4H3,(H,40,41,46)/t27-,29?,30-,39?/m0/s1. The average Bonchev–Trinajstić information content (AvgIpc) is 3.45. The SMILES string of the molecule is C=CCOC(=O)Nc1nccc2cc(OCC[C@@H]3CCCCN3C(=O)[C@H](C)N(C3CCCCC3)S(=O)(=O)CC34CCC(CC3=O)C4(C)C)ccc12. The van der Waals surface area contributed by atoms with Crippen molar-refractivity contribution >= 4 is 44.4 Å². The molecule has 2 unspecified atom stereocenters. The van der Waals surface area contributed by atoms with Gasteiger partial charge in [0.1, 0.15) is 30.0 Å². The monoisotopic (exact) mass is 722 g/mol. The van der Waals surface area contributed by atoms with Crippen LogP contribution >= 0.6 is 0 Å². The number of sulfonamides is 1. The number of pyridine rings is 1. The van der Waals surface area contributed by atoms with Crippen LogP contribution in [0.25, 0.3) is 10.8 Å². The zero-order chi connectivity index (χ0) is 36.4. The molecule has 2 amide bonds. The molecule has 1 N–H and O–H groups in total. The number of nitrogens with zero attached hydrogens (tertiary/aromatic N) is 3. The van der Waals surface area contributed by atoms with E-state index in [0.29, 0.717) is 44.0 Å². The molecule has 0 radical (unpaired) electrons. The molecular formula is C39H54N4O7S. The topological polar surface area (TPSA) is 135 Å². The van der Waals surface area contributed by atoms with Gasteiger partial charge < -0.3 is 14.4 Å². The molecule has 1 aliphatic heterocycles. The molecule has 51 heavy (non-hydrogen) atoms. The van der Waals surface area contributed by atoms with E-state index in [-0.39, 0.29) is 47.5 Å². The van der Waals surface area contributed by atoms with Gasteiger partial charge in [0, 0.05) is 48.5 Å². The van der Waals surface area contributed by atoms with E-state index in [0.717, 1.165) is 68.6 Å². The summed E-state index contributed by atoms with van der Waals surface area (Å²) in [6.07, 6.45) is 12.1. The highest BCUT2D eigenvalue weighted by Gasteiger charge is 2.66. The fourth-order valence-electron chi connectivity index (χ4n) is 9.48. The number of amides is 2. The molecule has 1 aromatic heterocycles. The number of fused-ring (bicyclic) bond motifs is 3. The van der Waals surface area contributed by atoms with Gasteiger partial charge in [-0.25, -0.2) is 18.2 Å². The predicted octanol–water partition coefficient (Wildman–Crippen LogP) is 6.87. The Bertz CT molecular complexity index is 1740. The molecule has 4 atom stereocenters. The summed E-state index contributed by atoms with van der Waals surface area (Å²) in [7, 11) is -3.94. The zero-order valence-corrected chi connectivity index (χ0v) is 31.2. The van der Waals surface area contributed by atoms with Crippen LogP contribution < -0.4 is 10.1 Å². The molecule has 1 aromatic carbocycles. The fourth-order valence-corrected chi connectivity index (χ4v) is 12.2. The van der Waals surface area contributed by atoms with Crippen LogP contribution in [-0.2, 0) is 24.3 Å². The number of likely N-dealkylation sites (tertiary alicyclic amines) is 1. The Hall–Kier alpha value is -3.51. The molecule has 2 bridgehead atoms. The van der Waals surface area contributed by atoms with E-state index in [1.165, 1.54) is 6.08 Å². The third-order valence-electron chi connectivity index (χ3n) is 12.5. The van der Waals surface area contributed by atoms with Crippen molar-refractivity contribution in [2.75, 3.05) is 30.8 Å². The first kappa shape index (κ1) is 37.3. The van der Waals surface area contributed by atoms with Crippen molar-refractivity contribution in [2.45, 2.75) is 116 Å². The third kappa shape index (κ3) is 7.40. The van der Waals surface area contributed by atoms with Gasteiger partial charge in [-0.05, 0) is 92.9 Å². The highest BCUT2D eigenvalue weighted by atomic mass is 32.2. The number of ketones is 1. The molecular weight excluding hydrogens is 669 g/mol. The zero-order valence-electron chi connectivity index (χ0n) is 30.4. The Morgan fingerprint density at radius 1 is 1.12 bits per heavy atom. The maximum Gasteiger partial charge on any atom is 0.413 e. The summed E-state index contributed by atoms with van der Waals surface area (Å²) in [5.74, 6) is 0.981. The number of aromatic nitrogens is 1. The Morgan fingerprint density at radius 3 is 2.59 bits per heavy atom. The van der Waals surface area contributed by atoms with E-state index in [4.69, 9.17) is 9.47 Å². The van der Waals surface area contributed by atoms with E-state index in [1.807, 2.05) is 29.2 Å². The highest BCUT2D eigenvalue weighted by Crippen LogP contribution is 2.64. The van der Waals surface area contributed by atoms with Crippen molar-refractivity contribution in [3.8, 4) is 5.75 Å². The molecule has 12 heteroatoms. The first-order chi connectivity index (χ1) is 24.4. The van der Waals surface area contributed by atoms with Crippen molar-refractivity contribution in [2.24, 2.45) is 16.7 Å². The molecule has 278 valence electrons. The van der Waals surface area contributed by atoms with Crippen molar-refractivity contribution in [1.82, 2.24) is 14.2 Å². The summed E-state index contributed by atoms with van der Waals surface area (Å²) in [5, 5.41) is 4.24. The molecule has 0 spiro atoms. The van der Waals surface area contributed by atoms with E-state index >= 15 is 0 Å². The maximum absolute atomic E-state index is 14.6. The summed E-state index contributed by atoms with van der Waals surface area (Å²) in [4.78, 5) is 46.1. The fraction of sp³-hybridized carbons (Fsp3) is 0.641. The Balaban J connectivity index is 1.14. The van der Waals surface area contributed by atoms with Gasteiger partial charge in [-0.1, -0.05) is 45.8 Å². The van der Waals surface area contributed by atoms with Gasteiger partial charge in [0.15, 0.2) is 0 Å². The van der Waals surface area contributed by atoms with Crippen LogP contribution in [0.5, 0.6) is 5.75 Å². The number of anilines is 1. The Labute approximate surface area is 302 Å². The first-order valence-corrected chi connectivity index (χ1v) is 20.4. The molecule has 3 aliphatic carbocycles. The molecule has 11 nitrogen and oxygen atoms in total. The lowest BCUT2D eigenvalue weighted by atomic mass is 9.70. The summed E-state index contributed by atoms with van der Waals surface area (Å²) >= 11 is 0. The van der Waals surface area contributed by atoms with E-state index < -0.39 is 27.6 Å². The molecule has 2 heterocycles. The molecule has 4 fully saturated rings. The molecule has 6 rings (SSSR count). The first-order valence-electron chi connectivity index (χ1n) is 18.8. The summed E-state index contributed by atoms with van der Waals surface area (Å²) in [6, 6.07) is 6.23. The van der Waals surface area contributed by atoms with Crippen LogP contribution in [-0.4, -0.2) is 84.0 Å². The molecule has 4 aliphatic rings. The summed E-state index contributed by atoms with van der Waals surface area (Å²) in [6.45, 7) is 10.5. The van der Waals surface area contributed by atoms with E-state index in [1.54, 1.807) is 17.4 Å². The normalized spacial score (nSPS) is 25.6. The van der Waals surface area contributed by atoms with Crippen molar-refractivity contribution < 1.29 is 32.3 Å². The smallest absolute Gasteiger partial charge is 0.413 e. The van der Waals surface area contributed by atoms with Gasteiger partial charge in [0.25, 0.3) is 0 Å². The van der Waals surface area contributed by atoms with Crippen molar-refractivity contribution in [3.63, 3.8) is 0 Å². The van der Waals surface area contributed by atoms with E-state index in [2.05, 4.69) is 30.7 Å². The second-order valence-electron chi connectivity index (χ2n) is 15.6.